The van der Waals surface area contributed by atoms with Crippen molar-refractivity contribution in [2.24, 2.45) is 0 Å². The Morgan fingerprint density at radius 2 is 1.07 bits per heavy atom. The van der Waals surface area contributed by atoms with Crippen molar-refractivity contribution < 1.29 is 62.4 Å². The largest absolute Gasteiger partial charge is 0.500 e. The number of rotatable bonds is 12. The maximum absolute atomic E-state index is 11.9. The van der Waals surface area contributed by atoms with Gasteiger partial charge in [-0.3, -0.25) is 0 Å². The molecule has 0 aliphatic rings. The minimum Gasteiger partial charge on any atom is -0.459 e. The molecule has 0 radical (unpaired) electrons. The van der Waals surface area contributed by atoms with Crippen LogP contribution >= 0.6 is 0 Å². The van der Waals surface area contributed by atoms with Crippen LogP contribution < -0.4 is 0 Å². The molecule has 0 bridgehead atoms. The molecule has 0 aromatic rings. The predicted molar refractivity (Wildman–Crippen MR) is 95.5 cm³/mol. The number of carbonyl (C=O) groups excluding carboxylic acids is 1. The molecule has 30 heavy (non-hydrogen) atoms. The molecule has 16 heteroatoms. The van der Waals surface area contributed by atoms with E-state index in [4.69, 9.17) is 26.6 Å². The van der Waals surface area contributed by atoms with Crippen LogP contribution in [-0.2, 0) is 36.1 Å². The molecule has 0 rings (SSSR count). The van der Waals surface area contributed by atoms with Crippen molar-refractivity contribution >= 4 is 23.6 Å². The Hall–Kier alpha value is -0.756. The van der Waals surface area contributed by atoms with E-state index >= 15 is 0 Å². The third-order valence-corrected chi connectivity index (χ3v) is 9.23. The molecule has 0 aromatic carbocycles. The predicted octanol–water partition coefficient (Wildman–Crippen LogP) is 3.18. The topological polar surface area (TPSA) is 81.7 Å². The summed E-state index contributed by atoms with van der Waals surface area (Å²) in [5.74, 6) is -2.20. The van der Waals surface area contributed by atoms with E-state index in [1.165, 1.54) is 42.7 Å². The second kappa shape index (κ2) is 14.3. The molecule has 0 atom stereocenters. The molecule has 0 aliphatic heterocycles. The fraction of sp³-hybridized carbons (Fsp3) is 0.929. The molecule has 0 saturated heterocycles. The maximum atomic E-state index is 11.9. The van der Waals surface area contributed by atoms with Crippen LogP contribution in [0.3, 0.4) is 0 Å². The van der Waals surface area contributed by atoms with Gasteiger partial charge in [-0.1, -0.05) is 0 Å². The van der Waals surface area contributed by atoms with Crippen LogP contribution in [0.1, 0.15) is 12.8 Å². The monoisotopic (exact) mass is 494 g/mol. The van der Waals surface area contributed by atoms with Crippen LogP contribution in [0.2, 0.25) is 12.1 Å². The normalized spacial score (nSPS) is 12.9. The van der Waals surface area contributed by atoms with Gasteiger partial charge in [0, 0.05) is 61.2 Å². The summed E-state index contributed by atoms with van der Waals surface area (Å²) < 4.78 is 104. The van der Waals surface area contributed by atoms with Crippen LogP contribution in [-0.4, -0.2) is 85.2 Å². The third kappa shape index (κ3) is 12.8. The molecule has 8 nitrogen and oxygen atoms in total. The average Bonchev–Trinajstić information content (AvgIpc) is 2.69. The number of hydrogen-bond acceptors (Lipinski definition) is 8. The average molecular weight is 495 g/mol. The van der Waals surface area contributed by atoms with Crippen molar-refractivity contribution in [3.8, 4) is 0 Å². The lowest BCUT2D eigenvalue weighted by Crippen LogP contribution is -2.43. The Morgan fingerprint density at radius 3 is 1.37 bits per heavy atom. The zero-order chi connectivity index (χ0) is 24.1. The first-order chi connectivity index (χ1) is 13.7. The Labute approximate surface area is 173 Å². The van der Waals surface area contributed by atoms with E-state index in [-0.39, 0.29) is 25.1 Å². The Bertz CT molecular complexity index is 454. The van der Waals surface area contributed by atoms with Gasteiger partial charge in [0.15, 0.2) is 0 Å². The summed E-state index contributed by atoms with van der Waals surface area (Å²) in [6.45, 7) is -0.358. The van der Waals surface area contributed by atoms with Gasteiger partial charge in [0.2, 0.25) is 0 Å². The standard InChI is InChI=1S/C8H15F3O5Si.C6H13F3O3Si/c1-13-17(14-2,15-3)6-4-5-16-7(12)8(9,10)11;1-10-13(11-2,12-3)5-4-6(7,8)9/h4-6H2,1-3H3;4-5H2,1-3H3. The van der Waals surface area contributed by atoms with Crippen molar-refractivity contribution in [3.05, 3.63) is 0 Å². The lowest BCUT2D eigenvalue weighted by molar-refractivity contribution is -0.199. The Kier molecular flexibility index (Phi) is 15.0. The number of ether oxygens (including phenoxy) is 1. The molecule has 0 aliphatic carbocycles. The first-order valence-corrected chi connectivity index (χ1v) is 12.2. The highest BCUT2D eigenvalue weighted by Crippen LogP contribution is 2.26. The molecule has 182 valence electrons. The number of hydrogen-bond donors (Lipinski definition) is 0. The molecule has 0 unspecified atom stereocenters. The molecular formula is C14H28F6O8Si2. The zero-order valence-corrected chi connectivity index (χ0v) is 19.6. The summed E-state index contributed by atoms with van der Waals surface area (Å²) in [5.41, 5.74) is 0. The van der Waals surface area contributed by atoms with Crippen LogP contribution in [0.15, 0.2) is 0 Å². The number of carbonyl (C=O) groups is 1. The van der Waals surface area contributed by atoms with Gasteiger partial charge in [0.25, 0.3) is 0 Å². The third-order valence-electron chi connectivity index (χ3n) is 3.67. The second-order valence-corrected chi connectivity index (χ2v) is 11.6. The van der Waals surface area contributed by atoms with Gasteiger partial charge >= 0.3 is 35.9 Å². The van der Waals surface area contributed by atoms with Gasteiger partial charge in [0.1, 0.15) is 0 Å². The summed E-state index contributed by atoms with van der Waals surface area (Å²) in [5, 5.41) is 0. The summed E-state index contributed by atoms with van der Waals surface area (Å²) in [7, 11) is 2.18. The van der Waals surface area contributed by atoms with Crippen molar-refractivity contribution in [1.82, 2.24) is 0 Å². The van der Waals surface area contributed by atoms with Gasteiger partial charge < -0.3 is 31.3 Å². The summed E-state index contributed by atoms with van der Waals surface area (Å²) >= 11 is 0. The summed E-state index contributed by atoms with van der Waals surface area (Å²) in [4.78, 5) is 10.4. The smallest absolute Gasteiger partial charge is 0.459 e. The molecular weight excluding hydrogens is 466 g/mol. The molecule has 0 aromatic heterocycles. The van der Waals surface area contributed by atoms with E-state index in [2.05, 4.69) is 4.74 Å². The summed E-state index contributed by atoms with van der Waals surface area (Å²) in [6.07, 6.45) is -9.94. The van der Waals surface area contributed by atoms with Crippen LogP contribution in [0.5, 0.6) is 0 Å². The molecule has 0 N–H and O–H groups in total. The number of halogens is 6. The van der Waals surface area contributed by atoms with Crippen LogP contribution in [0.25, 0.3) is 0 Å². The molecule has 0 saturated carbocycles. The minimum absolute atomic E-state index is 0.170. The fourth-order valence-electron chi connectivity index (χ4n) is 1.94. The van der Waals surface area contributed by atoms with Crippen molar-refractivity contribution in [2.75, 3.05) is 49.3 Å². The van der Waals surface area contributed by atoms with E-state index in [1.54, 1.807) is 0 Å². The number of esters is 1. The molecule has 0 fully saturated rings. The Balaban J connectivity index is 0. The Morgan fingerprint density at radius 1 is 0.700 bits per heavy atom. The van der Waals surface area contributed by atoms with Crippen LogP contribution in [0, 0.1) is 0 Å². The van der Waals surface area contributed by atoms with E-state index in [0.717, 1.165) is 0 Å². The zero-order valence-electron chi connectivity index (χ0n) is 17.6. The van der Waals surface area contributed by atoms with E-state index in [9.17, 15) is 31.1 Å². The quantitative estimate of drug-likeness (QED) is 0.177. The first kappa shape index (κ1) is 31.4. The highest BCUT2D eigenvalue weighted by Gasteiger charge is 2.43. The SMILES string of the molecule is CO[Si](CCC(F)(F)F)(OC)OC.CO[Si](CCCOC(=O)C(F)(F)F)(OC)OC. The highest BCUT2D eigenvalue weighted by atomic mass is 28.4. The van der Waals surface area contributed by atoms with E-state index in [0.29, 0.717) is 0 Å². The van der Waals surface area contributed by atoms with Gasteiger partial charge in [0.05, 0.1) is 6.61 Å². The van der Waals surface area contributed by atoms with Crippen molar-refractivity contribution in [2.45, 2.75) is 37.3 Å². The molecule has 0 amide bonds. The van der Waals surface area contributed by atoms with Crippen LogP contribution in [0.4, 0.5) is 26.3 Å². The van der Waals surface area contributed by atoms with Gasteiger partial charge in [-0.2, -0.15) is 26.3 Å². The van der Waals surface area contributed by atoms with E-state index in [1.807, 2.05) is 0 Å². The van der Waals surface area contributed by atoms with Gasteiger partial charge in [-0.25, -0.2) is 4.79 Å². The lowest BCUT2D eigenvalue weighted by atomic mass is 10.5. The summed E-state index contributed by atoms with van der Waals surface area (Å²) in [6, 6.07) is 0.0155. The van der Waals surface area contributed by atoms with Gasteiger partial charge in [-0.05, 0) is 6.42 Å². The highest BCUT2D eigenvalue weighted by molar-refractivity contribution is 6.60. The lowest BCUT2D eigenvalue weighted by Gasteiger charge is -2.24. The minimum atomic E-state index is -4.96. The fourth-order valence-corrected chi connectivity index (χ4v) is 5.33. The first-order valence-electron chi connectivity index (χ1n) is 8.32. The molecule has 0 heterocycles. The van der Waals surface area contributed by atoms with Crippen molar-refractivity contribution in [1.29, 1.82) is 0 Å². The molecule has 0 spiro atoms. The van der Waals surface area contributed by atoms with E-state index < -0.39 is 42.4 Å². The second-order valence-electron chi connectivity index (χ2n) is 5.44. The van der Waals surface area contributed by atoms with Gasteiger partial charge in [-0.15, -0.1) is 0 Å². The maximum Gasteiger partial charge on any atom is 0.500 e. The number of alkyl halides is 6. The van der Waals surface area contributed by atoms with Crippen molar-refractivity contribution in [3.63, 3.8) is 0 Å².